The van der Waals surface area contributed by atoms with Crippen LogP contribution in [-0.4, -0.2) is 27.7 Å². The summed E-state index contributed by atoms with van der Waals surface area (Å²) in [5.41, 5.74) is 1.75. The van der Waals surface area contributed by atoms with Crippen molar-refractivity contribution in [2.75, 3.05) is 11.9 Å². The van der Waals surface area contributed by atoms with E-state index in [0.29, 0.717) is 33.3 Å². The normalized spacial score (nSPS) is 10.3. The van der Waals surface area contributed by atoms with Crippen molar-refractivity contribution in [3.63, 3.8) is 0 Å². The fraction of sp³-hybridized carbons (Fsp3) is 0.167. The Bertz CT molecular complexity index is 1020. The molecule has 1 N–H and O–H groups in total. The number of halogens is 1. The Morgan fingerprint density at radius 3 is 2.79 bits per heavy atom. The average Bonchev–Trinajstić information content (AvgIpc) is 3.15. The number of nitrogens with one attached hydrogen (secondary N) is 1. The highest BCUT2D eigenvalue weighted by Crippen LogP contribution is 2.29. The number of anilines is 1. The Morgan fingerprint density at radius 1 is 1.29 bits per heavy atom. The van der Waals surface area contributed by atoms with Gasteiger partial charge in [-0.1, -0.05) is 46.8 Å². The van der Waals surface area contributed by atoms with Crippen molar-refractivity contribution in [1.82, 2.24) is 15.2 Å². The summed E-state index contributed by atoms with van der Waals surface area (Å²) in [5.74, 6) is 0.525. The number of hydrogen-bond donors (Lipinski definition) is 1. The zero-order valence-corrected chi connectivity index (χ0v) is 17.1. The predicted octanol–water partition coefficient (Wildman–Crippen LogP) is 4.40. The van der Waals surface area contributed by atoms with E-state index in [-0.39, 0.29) is 10.7 Å². The summed E-state index contributed by atoms with van der Waals surface area (Å²) in [6, 6.07) is 12.6. The molecule has 7 nitrogen and oxygen atoms in total. The van der Waals surface area contributed by atoms with Gasteiger partial charge in [0.15, 0.2) is 10.0 Å². The predicted molar refractivity (Wildman–Crippen MR) is 109 cm³/mol. The number of ether oxygens (including phenoxy) is 1. The first-order chi connectivity index (χ1) is 13.6. The Hall–Kier alpha value is -2.67. The van der Waals surface area contributed by atoms with Gasteiger partial charge in [-0.2, -0.15) is 5.26 Å². The number of carbonyl (C=O) groups excluding carboxylic acids is 1. The highest BCUT2D eigenvalue weighted by molar-refractivity contribution is 8.00. The third-order valence-electron chi connectivity index (χ3n) is 3.40. The largest absolute Gasteiger partial charge is 0.478 e. The fourth-order valence-corrected chi connectivity index (χ4v) is 4.00. The first kappa shape index (κ1) is 20.1. The van der Waals surface area contributed by atoms with Gasteiger partial charge in [-0.05, 0) is 30.7 Å². The molecule has 10 heteroatoms. The van der Waals surface area contributed by atoms with E-state index >= 15 is 0 Å². The maximum absolute atomic E-state index is 12.4. The van der Waals surface area contributed by atoms with Crippen LogP contribution in [0.1, 0.15) is 28.5 Å². The minimum atomic E-state index is -0.480. The van der Waals surface area contributed by atoms with E-state index in [9.17, 15) is 4.79 Å². The molecule has 0 spiro atoms. The zero-order valence-electron chi connectivity index (χ0n) is 14.7. The van der Waals surface area contributed by atoms with Gasteiger partial charge in [0.25, 0.3) is 5.91 Å². The maximum atomic E-state index is 12.4. The van der Waals surface area contributed by atoms with Gasteiger partial charge in [0.2, 0.25) is 11.0 Å². The number of thioether (sulfide) groups is 1. The second-order valence-corrected chi connectivity index (χ2v) is 7.94. The maximum Gasteiger partial charge on any atom is 0.277 e. The number of nitrogens with zero attached hydrogens (tertiary/aromatic N) is 4. The summed E-state index contributed by atoms with van der Waals surface area (Å²) in [6.07, 6.45) is 0. The zero-order chi connectivity index (χ0) is 19.9. The van der Waals surface area contributed by atoms with Crippen LogP contribution in [0, 0.1) is 11.3 Å². The molecule has 28 heavy (non-hydrogen) atoms. The molecule has 1 aromatic carbocycles. The number of amides is 1. The van der Waals surface area contributed by atoms with Gasteiger partial charge >= 0.3 is 0 Å². The van der Waals surface area contributed by atoms with Gasteiger partial charge in [-0.25, -0.2) is 4.98 Å². The first-order valence-electron chi connectivity index (χ1n) is 8.15. The number of nitriles is 1. The molecule has 1 amide bonds. The Kier molecular flexibility index (Phi) is 6.81. The van der Waals surface area contributed by atoms with Crippen molar-refractivity contribution >= 4 is 45.7 Å². The molecule has 142 valence electrons. The van der Waals surface area contributed by atoms with E-state index in [1.165, 1.54) is 23.1 Å². The van der Waals surface area contributed by atoms with E-state index in [1.54, 1.807) is 24.3 Å². The molecule has 0 unspecified atom stereocenters. The van der Waals surface area contributed by atoms with Crippen LogP contribution in [0.15, 0.2) is 40.7 Å². The molecule has 0 aliphatic heterocycles. The topological polar surface area (TPSA) is 101 Å². The summed E-state index contributed by atoms with van der Waals surface area (Å²) in [7, 11) is 0. The number of hydrogen-bond acceptors (Lipinski definition) is 8. The minimum Gasteiger partial charge on any atom is -0.478 e. The Morgan fingerprint density at radius 2 is 2.07 bits per heavy atom. The molecule has 3 rings (SSSR count). The molecule has 0 aliphatic rings. The Labute approximate surface area is 174 Å². The summed E-state index contributed by atoms with van der Waals surface area (Å²) >= 11 is 8.82. The van der Waals surface area contributed by atoms with Crippen molar-refractivity contribution in [2.45, 2.75) is 17.0 Å². The van der Waals surface area contributed by atoms with Crippen LogP contribution in [0.5, 0.6) is 5.88 Å². The number of pyridine rings is 1. The lowest BCUT2D eigenvalue weighted by atomic mass is 10.2. The van der Waals surface area contributed by atoms with Crippen LogP contribution < -0.4 is 10.1 Å². The first-order valence-corrected chi connectivity index (χ1v) is 10.3. The second-order valence-electron chi connectivity index (χ2n) is 5.34. The number of carbonyl (C=O) groups is 1. The number of rotatable bonds is 7. The molecule has 0 bridgehead atoms. The highest BCUT2D eigenvalue weighted by Gasteiger charge is 2.16. The molecule has 0 aliphatic carbocycles. The van der Waals surface area contributed by atoms with Crippen LogP contribution in [0.4, 0.5) is 5.13 Å². The lowest BCUT2D eigenvalue weighted by Crippen LogP contribution is -2.14. The van der Waals surface area contributed by atoms with E-state index < -0.39 is 5.91 Å². The number of benzene rings is 1. The lowest BCUT2D eigenvalue weighted by Gasteiger charge is -2.06. The van der Waals surface area contributed by atoms with Crippen LogP contribution >= 0.6 is 34.7 Å². The van der Waals surface area contributed by atoms with Gasteiger partial charge < -0.3 is 4.74 Å². The third kappa shape index (κ3) is 5.19. The van der Waals surface area contributed by atoms with E-state index in [2.05, 4.69) is 26.6 Å². The highest BCUT2D eigenvalue weighted by atomic mass is 35.5. The van der Waals surface area contributed by atoms with E-state index in [4.69, 9.17) is 21.6 Å². The molecular weight excluding hydrogens is 418 g/mol. The molecule has 0 saturated heterocycles. The SMILES string of the molecule is CCOc1ccc(Cl)c(C(=O)Nc2nnc(SCc3ccc(C#N)cc3)s2)n1. The summed E-state index contributed by atoms with van der Waals surface area (Å²) in [6.45, 7) is 2.26. The average molecular weight is 432 g/mol. The van der Waals surface area contributed by atoms with Crippen molar-refractivity contribution < 1.29 is 9.53 Å². The van der Waals surface area contributed by atoms with Crippen molar-refractivity contribution in [2.24, 2.45) is 0 Å². The Balaban J connectivity index is 1.61. The van der Waals surface area contributed by atoms with Crippen LogP contribution in [0.2, 0.25) is 5.02 Å². The minimum absolute atomic E-state index is 0.0644. The molecular formula is C18H14ClN5O2S2. The standard InChI is InChI=1S/C18H14ClN5O2S2/c1-2-26-14-8-7-13(19)15(21-14)16(25)22-17-23-24-18(28-17)27-10-12-5-3-11(9-20)4-6-12/h3-8H,2,10H2,1H3,(H,22,23,25). The monoisotopic (exact) mass is 431 g/mol. The van der Waals surface area contributed by atoms with Gasteiger partial charge in [0.05, 0.1) is 23.3 Å². The quantitative estimate of drug-likeness (QED) is 0.437. The van der Waals surface area contributed by atoms with Crippen LogP contribution in [-0.2, 0) is 5.75 Å². The van der Waals surface area contributed by atoms with E-state index in [1.807, 2.05) is 19.1 Å². The van der Waals surface area contributed by atoms with Crippen molar-refractivity contribution in [3.8, 4) is 11.9 Å². The van der Waals surface area contributed by atoms with Crippen molar-refractivity contribution in [3.05, 3.63) is 58.2 Å². The second kappa shape index (κ2) is 9.50. The van der Waals surface area contributed by atoms with Gasteiger partial charge in [-0.3, -0.25) is 10.1 Å². The number of aromatic nitrogens is 3. The summed E-state index contributed by atoms with van der Waals surface area (Å²) < 4.78 is 6.01. The van der Waals surface area contributed by atoms with Crippen LogP contribution in [0.25, 0.3) is 0 Å². The molecule has 3 aromatic rings. The fourth-order valence-electron chi connectivity index (χ4n) is 2.11. The molecule has 2 heterocycles. The summed E-state index contributed by atoms with van der Waals surface area (Å²) in [5, 5.41) is 20.1. The molecule has 0 saturated carbocycles. The molecule has 0 radical (unpaired) electrons. The van der Waals surface area contributed by atoms with E-state index in [0.717, 1.165) is 5.56 Å². The van der Waals surface area contributed by atoms with Gasteiger partial charge in [0, 0.05) is 11.8 Å². The van der Waals surface area contributed by atoms with Gasteiger partial charge in [0.1, 0.15) is 0 Å². The smallest absolute Gasteiger partial charge is 0.277 e. The van der Waals surface area contributed by atoms with Crippen molar-refractivity contribution in [1.29, 1.82) is 5.26 Å². The lowest BCUT2D eigenvalue weighted by molar-refractivity contribution is 0.102. The molecule has 0 fully saturated rings. The summed E-state index contributed by atoms with van der Waals surface area (Å²) in [4.78, 5) is 16.5. The van der Waals surface area contributed by atoms with Crippen LogP contribution in [0.3, 0.4) is 0 Å². The molecule has 0 atom stereocenters. The van der Waals surface area contributed by atoms with Gasteiger partial charge in [-0.15, -0.1) is 10.2 Å². The third-order valence-corrected chi connectivity index (χ3v) is 5.75. The molecule has 2 aromatic heterocycles.